The first kappa shape index (κ1) is 16.2. The number of likely N-dealkylation sites (tertiary alicyclic amines) is 1. The summed E-state index contributed by atoms with van der Waals surface area (Å²) in [5.41, 5.74) is 2.52. The molecule has 0 unspecified atom stereocenters. The van der Waals surface area contributed by atoms with Gasteiger partial charge in [-0.2, -0.15) is 0 Å². The van der Waals surface area contributed by atoms with E-state index in [0.29, 0.717) is 6.04 Å². The minimum Gasteiger partial charge on any atom is -0.357 e. The van der Waals surface area contributed by atoms with Gasteiger partial charge in [0.25, 0.3) is 0 Å². The van der Waals surface area contributed by atoms with Gasteiger partial charge in [0.15, 0.2) is 0 Å². The quantitative estimate of drug-likeness (QED) is 0.746. The minimum atomic E-state index is 0.489. The lowest BCUT2D eigenvalue weighted by Crippen LogP contribution is -2.38. The fourth-order valence-electron chi connectivity index (χ4n) is 3.23. The Balaban J connectivity index is 1.30. The third-order valence-electron chi connectivity index (χ3n) is 4.61. The summed E-state index contributed by atoms with van der Waals surface area (Å²) in [7, 11) is 0. The second kappa shape index (κ2) is 7.76. The predicted octanol–water partition coefficient (Wildman–Crippen LogP) is 4.28. The van der Waals surface area contributed by atoms with E-state index in [9.17, 15) is 0 Å². The van der Waals surface area contributed by atoms with Gasteiger partial charge in [0, 0.05) is 31.2 Å². The van der Waals surface area contributed by atoms with Gasteiger partial charge in [-0.05, 0) is 18.4 Å². The highest BCUT2D eigenvalue weighted by molar-refractivity contribution is 7.18. The fourth-order valence-corrected chi connectivity index (χ4v) is 4.06. The summed E-state index contributed by atoms with van der Waals surface area (Å²) in [5.74, 6) is 0. The SMILES string of the molecule is c1ccc(CN2CCC(Nc3nnc(-c4ccccc4)s3)CC2)cc1. The first-order chi connectivity index (χ1) is 12.4. The lowest BCUT2D eigenvalue weighted by atomic mass is 10.0. The number of benzene rings is 2. The summed E-state index contributed by atoms with van der Waals surface area (Å²) < 4.78 is 0. The molecule has 128 valence electrons. The first-order valence-corrected chi connectivity index (χ1v) is 9.60. The van der Waals surface area contributed by atoms with Crippen molar-refractivity contribution in [2.24, 2.45) is 0 Å². The van der Waals surface area contributed by atoms with Gasteiger partial charge in [-0.3, -0.25) is 4.90 Å². The van der Waals surface area contributed by atoms with Crippen LogP contribution in [-0.4, -0.2) is 34.2 Å². The van der Waals surface area contributed by atoms with E-state index in [1.54, 1.807) is 11.3 Å². The molecule has 25 heavy (non-hydrogen) atoms. The zero-order valence-corrected chi connectivity index (χ0v) is 15.0. The van der Waals surface area contributed by atoms with Crippen molar-refractivity contribution < 1.29 is 0 Å². The number of nitrogens with one attached hydrogen (secondary N) is 1. The number of aromatic nitrogens is 2. The van der Waals surface area contributed by atoms with Crippen LogP contribution in [0.1, 0.15) is 18.4 Å². The van der Waals surface area contributed by atoms with E-state index >= 15 is 0 Å². The Labute approximate surface area is 152 Å². The Morgan fingerprint density at radius 1 is 0.920 bits per heavy atom. The standard InChI is InChI=1S/C20H22N4S/c1-3-7-16(8-4-1)15-24-13-11-18(12-14-24)21-20-23-22-19(25-20)17-9-5-2-6-10-17/h1-10,18H,11-15H2,(H,21,23). The molecule has 0 amide bonds. The van der Waals surface area contributed by atoms with Gasteiger partial charge in [0.2, 0.25) is 5.13 Å². The molecule has 0 saturated carbocycles. The van der Waals surface area contributed by atoms with Crippen LogP contribution in [0.2, 0.25) is 0 Å². The van der Waals surface area contributed by atoms with E-state index in [-0.39, 0.29) is 0 Å². The molecular formula is C20H22N4S. The van der Waals surface area contributed by atoms with E-state index in [0.717, 1.165) is 48.2 Å². The number of anilines is 1. The summed E-state index contributed by atoms with van der Waals surface area (Å²) in [6.07, 6.45) is 2.29. The van der Waals surface area contributed by atoms with E-state index in [1.165, 1.54) is 5.56 Å². The second-order valence-electron chi connectivity index (χ2n) is 6.46. The fraction of sp³-hybridized carbons (Fsp3) is 0.300. The highest BCUT2D eigenvalue weighted by Crippen LogP contribution is 2.27. The van der Waals surface area contributed by atoms with Crippen molar-refractivity contribution in [3.8, 4) is 10.6 Å². The third kappa shape index (κ3) is 4.24. The molecule has 1 aromatic heterocycles. The van der Waals surface area contributed by atoms with Crippen LogP contribution in [0.4, 0.5) is 5.13 Å². The monoisotopic (exact) mass is 350 g/mol. The number of hydrogen-bond acceptors (Lipinski definition) is 5. The summed E-state index contributed by atoms with van der Waals surface area (Å²) in [5, 5.41) is 14.1. The minimum absolute atomic E-state index is 0.489. The zero-order valence-electron chi connectivity index (χ0n) is 14.1. The maximum Gasteiger partial charge on any atom is 0.206 e. The Bertz CT molecular complexity index is 780. The van der Waals surface area contributed by atoms with Gasteiger partial charge < -0.3 is 5.32 Å². The van der Waals surface area contributed by atoms with Crippen LogP contribution in [0, 0.1) is 0 Å². The summed E-state index contributed by atoms with van der Waals surface area (Å²) in [6.45, 7) is 3.29. The highest BCUT2D eigenvalue weighted by atomic mass is 32.1. The lowest BCUT2D eigenvalue weighted by Gasteiger charge is -2.32. The maximum atomic E-state index is 4.32. The van der Waals surface area contributed by atoms with Gasteiger partial charge in [0.1, 0.15) is 5.01 Å². The van der Waals surface area contributed by atoms with Gasteiger partial charge in [-0.25, -0.2) is 0 Å². The molecule has 0 spiro atoms. The molecule has 1 aliphatic heterocycles. The zero-order chi connectivity index (χ0) is 16.9. The van der Waals surface area contributed by atoms with Crippen molar-refractivity contribution in [3.63, 3.8) is 0 Å². The van der Waals surface area contributed by atoms with Gasteiger partial charge >= 0.3 is 0 Å². The van der Waals surface area contributed by atoms with Crippen LogP contribution in [0.5, 0.6) is 0 Å². The molecule has 4 nitrogen and oxygen atoms in total. The molecule has 1 saturated heterocycles. The number of nitrogens with zero attached hydrogens (tertiary/aromatic N) is 3. The second-order valence-corrected chi connectivity index (χ2v) is 7.44. The van der Waals surface area contributed by atoms with Crippen LogP contribution in [0.25, 0.3) is 10.6 Å². The number of hydrogen-bond donors (Lipinski definition) is 1. The molecule has 1 N–H and O–H groups in total. The molecule has 0 atom stereocenters. The first-order valence-electron chi connectivity index (χ1n) is 8.78. The molecule has 0 radical (unpaired) electrons. The van der Waals surface area contributed by atoms with Gasteiger partial charge in [-0.15, -0.1) is 10.2 Å². The van der Waals surface area contributed by atoms with E-state index in [2.05, 4.69) is 62.9 Å². The Morgan fingerprint density at radius 3 is 2.32 bits per heavy atom. The van der Waals surface area contributed by atoms with Crippen molar-refractivity contribution in [1.29, 1.82) is 0 Å². The Hall–Kier alpha value is -2.24. The Kier molecular flexibility index (Phi) is 5.04. The van der Waals surface area contributed by atoms with E-state index in [1.807, 2.05) is 18.2 Å². The topological polar surface area (TPSA) is 41.0 Å². The molecule has 5 heteroatoms. The number of rotatable bonds is 5. The molecular weight excluding hydrogens is 328 g/mol. The molecule has 3 aromatic rings. The molecule has 1 fully saturated rings. The van der Waals surface area contributed by atoms with E-state index < -0.39 is 0 Å². The third-order valence-corrected chi connectivity index (χ3v) is 5.51. The van der Waals surface area contributed by atoms with Crippen molar-refractivity contribution in [2.75, 3.05) is 18.4 Å². The molecule has 2 heterocycles. The van der Waals surface area contributed by atoms with Crippen molar-refractivity contribution >= 4 is 16.5 Å². The van der Waals surface area contributed by atoms with Crippen LogP contribution in [0.15, 0.2) is 60.7 Å². The summed E-state index contributed by atoms with van der Waals surface area (Å²) in [6, 6.07) is 21.4. The van der Waals surface area contributed by atoms with Gasteiger partial charge in [-0.1, -0.05) is 72.0 Å². The maximum absolute atomic E-state index is 4.32. The molecule has 2 aromatic carbocycles. The Morgan fingerprint density at radius 2 is 1.60 bits per heavy atom. The average molecular weight is 350 g/mol. The van der Waals surface area contributed by atoms with Crippen LogP contribution < -0.4 is 5.32 Å². The number of piperidine rings is 1. The summed E-state index contributed by atoms with van der Waals surface area (Å²) >= 11 is 1.64. The van der Waals surface area contributed by atoms with Crippen LogP contribution in [-0.2, 0) is 6.54 Å². The molecule has 4 rings (SSSR count). The molecule has 1 aliphatic rings. The average Bonchev–Trinajstić information content (AvgIpc) is 3.14. The van der Waals surface area contributed by atoms with Crippen LogP contribution in [0.3, 0.4) is 0 Å². The predicted molar refractivity (Wildman–Crippen MR) is 104 cm³/mol. The van der Waals surface area contributed by atoms with Gasteiger partial charge in [0.05, 0.1) is 0 Å². The largest absolute Gasteiger partial charge is 0.357 e. The van der Waals surface area contributed by atoms with Crippen LogP contribution >= 0.6 is 11.3 Å². The lowest BCUT2D eigenvalue weighted by molar-refractivity contribution is 0.211. The normalized spacial score (nSPS) is 16.0. The van der Waals surface area contributed by atoms with Crippen molar-refractivity contribution in [2.45, 2.75) is 25.4 Å². The molecule has 0 bridgehead atoms. The van der Waals surface area contributed by atoms with Crippen molar-refractivity contribution in [3.05, 3.63) is 66.2 Å². The summed E-state index contributed by atoms with van der Waals surface area (Å²) in [4.78, 5) is 2.53. The molecule has 0 aliphatic carbocycles. The smallest absolute Gasteiger partial charge is 0.206 e. The highest BCUT2D eigenvalue weighted by Gasteiger charge is 2.20. The van der Waals surface area contributed by atoms with Crippen molar-refractivity contribution in [1.82, 2.24) is 15.1 Å². The van der Waals surface area contributed by atoms with E-state index in [4.69, 9.17) is 0 Å².